The number of hydrogen-bond donors (Lipinski definition) is 2. The number of amides is 1. The molecule has 0 aliphatic carbocycles. The molecular formula is C21H15N5O2. The van der Waals surface area contributed by atoms with Gasteiger partial charge in [-0.2, -0.15) is 10.2 Å². The van der Waals surface area contributed by atoms with Gasteiger partial charge in [0.1, 0.15) is 5.56 Å². The molecular weight excluding hydrogens is 354 g/mol. The summed E-state index contributed by atoms with van der Waals surface area (Å²) >= 11 is 0. The van der Waals surface area contributed by atoms with Crippen LogP contribution in [0.5, 0.6) is 0 Å². The Morgan fingerprint density at radius 2 is 1.54 bits per heavy atom. The third-order valence-corrected chi connectivity index (χ3v) is 4.13. The summed E-state index contributed by atoms with van der Waals surface area (Å²) in [7, 11) is 0. The van der Waals surface area contributed by atoms with Gasteiger partial charge in [-0.3, -0.25) is 9.59 Å². The molecule has 0 aliphatic rings. The van der Waals surface area contributed by atoms with Crippen LogP contribution in [0.15, 0.2) is 83.8 Å². The van der Waals surface area contributed by atoms with Crippen molar-refractivity contribution in [3.8, 4) is 22.4 Å². The van der Waals surface area contributed by atoms with Crippen molar-refractivity contribution in [1.82, 2.24) is 20.4 Å². The number of benzene rings is 2. The maximum atomic E-state index is 13.0. The molecule has 0 spiro atoms. The molecule has 28 heavy (non-hydrogen) atoms. The van der Waals surface area contributed by atoms with Gasteiger partial charge in [-0.1, -0.05) is 60.7 Å². The number of carbonyl (C=O) groups excluding carboxylic acids is 1. The molecule has 4 rings (SSSR count). The van der Waals surface area contributed by atoms with Crippen LogP contribution in [-0.4, -0.2) is 26.3 Å². The van der Waals surface area contributed by atoms with Crippen LogP contribution < -0.4 is 10.9 Å². The van der Waals surface area contributed by atoms with E-state index in [2.05, 4.69) is 25.7 Å². The molecule has 0 aliphatic heterocycles. The van der Waals surface area contributed by atoms with E-state index >= 15 is 0 Å². The van der Waals surface area contributed by atoms with Crippen LogP contribution in [-0.2, 0) is 0 Å². The summed E-state index contributed by atoms with van der Waals surface area (Å²) in [6, 6.07) is 21.8. The molecule has 7 nitrogen and oxygen atoms in total. The topological polar surface area (TPSA) is 101 Å². The molecule has 4 aromatic rings. The van der Waals surface area contributed by atoms with Crippen molar-refractivity contribution in [2.75, 3.05) is 5.32 Å². The van der Waals surface area contributed by atoms with E-state index in [1.807, 2.05) is 60.7 Å². The third-order valence-electron chi connectivity index (χ3n) is 4.13. The minimum atomic E-state index is -0.583. The van der Waals surface area contributed by atoms with Crippen LogP contribution in [0.3, 0.4) is 0 Å². The highest BCUT2D eigenvalue weighted by Crippen LogP contribution is 2.31. The highest BCUT2D eigenvalue weighted by molar-refractivity contribution is 6.09. The summed E-state index contributed by atoms with van der Waals surface area (Å²) in [5, 5.41) is 16.9. The number of carbonyl (C=O) groups is 1. The first-order valence-electron chi connectivity index (χ1n) is 8.56. The van der Waals surface area contributed by atoms with E-state index in [0.717, 1.165) is 5.56 Å². The van der Waals surface area contributed by atoms with Gasteiger partial charge in [0.2, 0.25) is 0 Å². The zero-order valence-corrected chi connectivity index (χ0v) is 14.7. The highest BCUT2D eigenvalue weighted by atomic mass is 16.2. The predicted octanol–water partition coefficient (Wildman–Crippen LogP) is 3.15. The molecule has 2 N–H and O–H groups in total. The highest BCUT2D eigenvalue weighted by Gasteiger charge is 2.23. The van der Waals surface area contributed by atoms with E-state index in [-0.39, 0.29) is 11.4 Å². The Morgan fingerprint density at radius 3 is 2.18 bits per heavy atom. The molecule has 0 fully saturated rings. The van der Waals surface area contributed by atoms with Gasteiger partial charge >= 0.3 is 0 Å². The largest absolute Gasteiger partial charge is 0.305 e. The number of H-pyrrole nitrogens is 1. The van der Waals surface area contributed by atoms with Gasteiger partial charge in [0.05, 0.1) is 5.69 Å². The van der Waals surface area contributed by atoms with Crippen LogP contribution in [0.4, 0.5) is 5.82 Å². The van der Waals surface area contributed by atoms with Gasteiger partial charge in [-0.15, -0.1) is 5.10 Å². The van der Waals surface area contributed by atoms with E-state index in [4.69, 9.17) is 0 Å². The molecule has 1 amide bonds. The first kappa shape index (κ1) is 17.3. The molecule has 2 aromatic carbocycles. The standard InChI is InChI=1S/C21H15N5O2/c27-20(23-16-12-7-13-22-24-16)18-17(14-8-3-1-4-9-14)19(25-26-21(18)28)15-10-5-2-6-11-15/h1-13H,(H,26,28)(H,23,24,27). The molecule has 0 radical (unpaired) electrons. The van der Waals surface area contributed by atoms with Crippen molar-refractivity contribution in [2.24, 2.45) is 0 Å². The predicted molar refractivity (Wildman–Crippen MR) is 106 cm³/mol. The maximum Gasteiger partial charge on any atom is 0.277 e. The average Bonchev–Trinajstić information content (AvgIpc) is 2.75. The van der Waals surface area contributed by atoms with Gasteiger partial charge in [-0.05, 0) is 17.7 Å². The van der Waals surface area contributed by atoms with Crippen LogP contribution in [0.1, 0.15) is 10.4 Å². The summed E-state index contributed by atoms with van der Waals surface area (Å²) in [5.74, 6) is -0.329. The molecule has 2 aromatic heterocycles. The number of aromatic nitrogens is 4. The van der Waals surface area contributed by atoms with E-state index in [1.165, 1.54) is 6.20 Å². The third kappa shape index (κ3) is 3.41. The minimum Gasteiger partial charge on any atom is -0.305 e. The van der Waals surface area contributed by atoms with E-state index < -0.39 is 11.5 Å². The lowest BCUT2D eigenvalue weighted by Gasteiger charge is -2.13. The fourth-order valence-corrected chi connectivity index (χ4v) is 2.90. The van der Waals surface area contributed by atoms with Gasteiger partial charge in [-0.25, -0.2) is 5.10 Å². The van der Waals surface area contributed by atoms with Crippen molar-refractivity contribution < 1.29 is 4.79 Å². The summed E-state index contributed by atoms with van der Waals surface area (Å²) < 4.78 is 0. The fraction of sp³-hybridized carbons (Fsp3) is 0. The molecule has 0 saturated heterocycles. The Labute approximate surface area is 160 Å². The zero-order chi connectivity index (χ0) is 19.3. The number of aromatic amines is 1. The molecule has 0 unspecified atom stereocenters. The molecule has 0 saturated carbocycles. The molecule has 0 atom stereocenters. The van der Waals surface area contributed by atoms with Crippen molar-refractivity contribution >= 4 is 11.7 Å². The number of anilines is 1. The zero-order valence-electron chi connectivity index (χ0n) is 14.7. The number of hydrogen-bond acceptors (Lipinski definition) is 5. The lowest BCUT2D eigenvalue weighted by atomic mass is 9.95. The van der Waals surface area contributed by atoms with Gasteiger partial charge in [0.15, 0.2) is 5.82 Å². The normalized spacial score (nSPS) is 10.4. The molecule has 2 heterocycles. The van der Waals surface area contributed by atoms with Crippen molar-refractivity contribution in [3.05, 3.63) is 94.9 Å². The quantitative estimate of drug-likeness (QED) is 0.575. The van der Waals surface area contributed by atoms with Crippen molar-refractivity contribution in [3.63, 3.8) is 0 Å². The SMILES string of the molecule is O=C(Nc1cccnn1)c1c(-c2ccccc2)c(-c2ccccc2)n[nH]c1=O. The Bertz CT molecular complexity index is 1160. The summed E-state index contributed by atoms with van der Waals surface area (Å²) in [6.45, 7) is 0. The van der Waals surface area contributed by atoms with Crippen LogP contribution in [0.25, 0.3) is 22.4 Å². The first-order chi connectivity index (χ1) is 13.7. The van der Waals surface area contributed by atoms with E-state index in [9.17, 15) is 9.59 Å². The van der Waals surface area contributed by atoms with Crippen LogP contribution in [0, 0.1) is 0 Å². The molecule has 0 bridgehead atoms. The first-order valence-corrected chi connectivity index (χ1v) is 8.56. The number of rotatable bonds is 4. The van der Waals surface area contributed by atoms with Crippen LogP contribution in [0.2, 0.25) is 0 Å². The molecule has 136 valence electrons. The van der Waals surface area contributed by atoms with Crippen molar-refractivity contribution in [1.29, 1.82) is 0 Å². The summed E-state index contributed by atoms with van der Waals surface area (Å²) in [4.78, 5) is 25.6. The second-order valence-corrected chi connectivity index (χ2v) is 5.95. The number of nitrogens with one attached hydrogen (secondary N) is 2. The maximum absolute atomic E-state index is 13.0. The Hall–Kier alpha value is -4.13. The average molecular weight is 369 g/mol. The number of nitrogens with zero attached hydrogens (tertiary/aromatic N) is 3. The smallest absolute Gasteiger partial charge is 0.277 e. The van der Waals surface area contributed by atoms with Crippen LogP contribution >= 0.6 is 0 Å². The minimum absolute atomic E-state index is 0.0364. The lowest BCUT2D eigenvalue weighted by Crippen LogP contribution is -2.26. The molecule has 7 heteroatoms. The van der Waals surface area contributed by atoms with Gasteiger partial charge < -0.3 is 5.32 Å². The second kappa shape index (κ2) is 7.63. The van der Waals surface area contributed by atoms with E-state index in [0.29, 0.717) is 16.8 Å². The summed E-state index contributed by atoms with van der Waals surface area (Å²) in [6.07, 6.45) is 1.50. The van der Waals surface area contributed by atoms with E-state index in [1.54, 1.807) is 12.1 Å². The Kier molecular flexibility index (Phi) is 4.71. The monoisotopic (exact) mass is 369 g/mol. The van der Waals surface area contributed by atoms with Gasteiger partial charge in [0, 0.05) is 17.3 Å². The second-order valence-electron chi connectivity index (χ2n) is 5.95. The van der Waals surface area contributed by atoms with Crippen molar-refractivity contribution in [2.45, 2.75) is 0 Å². The Balaban J connectivity index is 1.92. The lowest BCUT2D eigenvalue weighted by molar-refractivity contribution is 0.102. The summed E-state index contributed by atoms with van der Waals surface area (Å²) in [5.41, 5.74) is 1.84. The fourth-order valence-electron chi connectivity index (χ4n) is 2.90. The van der Waals surface area contributed by atoms with Gasteiger partial charge in [0.25, 0.3) is 11.5 Å². The Morgan fingerprint density at radius 1 is 0.857 bits per heavy atom.